The Hall–Kier alpha value is -2.25. The van der Waals surface area contributed by atoms with Crippen molar-refractivity contribution in [2.45, 2.75) is 44.4 Å². The van der Waals surface area contributed by atoms with Crippen molar-refractivity contribution in [2.24, 2.45) is 0 Å². The third-order valence-corrected chi connectivity index (χ3v) is 5.45. The number of carbonyl (C=O) groups is 1. The maximum Gasteiger partial charge on any atom is 0.262 e. The van der Waals surface area contributed by atoms with Gasteiger partial charge in [-0.25, -0.2) is 4.98 Å². The van der Waals surface area contributed by atoms with Crippen LogP contribution >= 0.6 is 23.4 Å². The predicted molar refractivity (Wildman–Crippen MR) is 112 cm³/mol. The van der Waals surface area contributed by atoms with Crippen molar-refractivity contribution >= 4 is 40.2 Å². The maximum atomic E-state index is 13.0. The first-order valence-corrected chi connectivity index (χ1v) is 10.5. The zero-order valence-corrected chi connectivity index (χ0v) is 17.3. The van der Waals surface area contributed by atoms with Crippen molar-refractivity contribution in [3.05, 3.63) is 57.7 Å². The van der Waals surface area contributed by atoms with Gasteiger partial charge >= 0.3 is 0 Å². The summed E-state index contributed by atoms with van der Waals surface area (Å²) in [4.78, 5) is 29.8. The van der Waals surface area contributed by atoms with E-state index in [2.05, 4.69) is 17.2 Å². The molecule has 148 valence electrons. The molecule has 0 bridgehead atoms. The van der Waals surface area contributed by atoms with Crippen LogP contribution < -0.4 is 10.9 Å². The lowest BCUT2D eigenvalue weighted by Gasteiger charge is -2.14. The summed E-state index contributed by atoms with van der Waals surface area (Å²) < 4.78 is 6.92. The third kappa shape index (κ3) is 4.97. The smallest absolute Gasteiger partial charge is 0.262 e. The number of hydrogen-bond acceptors (Lipinski definition) is 5. The molecule has 0 radical (unpaired) electrons. The highest BCUT2D eigenvalue weighted by atomic mass is 35.5. The van der Waals surface area contributed by atoms with Crippen LogP contribution in [-0.2, 0) is 11.3 Å². The van der Waals surface area contributed by atoms with Gasteiger partial charge in [-0.2, -0.15) is 0 Å². The molecule has 2 heterocycles. The summed E-state index contributed by atoms with van der Waals surface area (Å²) in [6.07, 6.45) is 3.49. The Morgan fingerprint density at radius 3 is 2.93 bits per heavy atom. The molecule has 0 aliphatic carbocycles. The summed E-state index contributed by atoms with van der Waals surface area (Å²) in [5, 5.41) is 4.39. The Morgan fingerprint density at radius 1 is 1.39 bits per heavy atom. The van der Waals surface area contributed by atoms with Crippen LogP contribution in [0.1, 0.15) is 32.4 Å². The molecule has 2 aromatic heterocycles. The molecule has 3 rings (SSSR count). The molecule has 0 saturated carbocycles. The summed E-state index contributed by atoms with van der Waals surface area (Å²) in [6.45, 7) is 4.30. The number of furan rings is 1. The highest BCUT2D eigenvalue weighted by Crippen LogP contribution is 2.21. The van der Waals surface area contributed by atoms with Crippen LogP contribution in [0, 0.1) is 0 Å². The third-order valence-electron chi connectivity index (χ3n) is 4.24. The van der Waals surface area contributed by atoms with E-state index in [9.17, 15) is 9.59 Å². The van der Waals surface area contributed by atoms with Crippen LogP contribution in [0.4, 0.5) is 0 Å². The molecule has 0 aliphatic heterocycles. The molecule has 1 N–H and O–H groups in total. The minimum Gasteiger partial charge on any atom is -0.467 e. The van der Waals surface area contributed by atoms with Gasteiger partial charge in [-0.15, -0.1) is 0 Å². The first kappa shape index (κ1) is 20.5. The number of rotatable bonds is 8. The van der Waals surface area contributed by atoms with Crippen LogP contribution in [0.3, 0.4) is 0 Å². The molecule has 3 aromatic rings. The Balaban J connectivity index is 1.90. The Morgan fingerprint density at radius 2 is 2.21 bits per heavy atom. The topological polar surface area (TPSA) is 77.1 Å². The minimum atomic E-state index is -0.194. The van der Waals surface area contributed by atoms with Crippen LogP contribution in [0.5, 0.6) is 0 Å². The van der Waals surface area contributed by atoms with Gasteiger partial charge in [-0.3, -0.25) is 14.2 Å². The summed E-state index contributed by atoms with van der Waals surface area (Å²) in [7, 11) is 0. The molecule has 8 heteroatoms. The van der Waals surface area contributed by atoms with Gasteiger partial charge < -0.3 is 9.73 Å². The molecule has 1 amide bonds. The lowest BCUT2D eigenvalue weighted by Crippen LogP contribution is -2.34. The normalized spacial score (nSPS) is 12.2. The Bertz CT molecular complexity index is 1020. The van der Waals surface area contributed by atoms with Gasteiger partial charge in [-0.1, -0.05) is 36.7 Å². The number of carbonyl (C=O) groups excluding carboxylic acids is 1. The number of halogens is 1. The average molecular weight is 420 g/mol. The molecular weight excluding hydrogens is 398 g/mol. The van der Waals surface area contributed by atoms with Crippen molar-refractivity contribution in [1.29, 1.82) is 0 Å². The molecule has 6 nitrogen and oxygen atoms in total. The number of hydrogen-bond donors (Lipinski definition) is 1. The summed E-state index contributed by atoms with van der Waals surface area (Å²) in [6, 6.07) is 8.67. The highest BCUT2D eigenvalue weighted by molar-refractivity contribution is 7.99. The van der Waals surface area contributed by atoms with Gasteiger partial charge in [0.15, 0.2) is 5.16 Å². The number of aromatic nitrogens is 2. The van der Waals surface area contributed by atoms with Crippen LogP contribution in [-0.4, -0.2) is 27.3 Å². The number of fused-ring (bicyclic) bond motifs is 1. The van der Waals surface area contributed by atoms with E-state index in [4.69, 9.17) is 16.0 Å². The monoisotopic (exact) mass is 419 g/mol. The van der Waals surface area contributed by atoms with E-state index in [1.807, 2.05) is 6.92 Å². The largest absolute Gasteiger partial charge is 0.467 e. The Labute approximate surface area is 172 Å². The van der Waals surface area contributed by atoms with Crippen molar-refractivity contribution < 1.29 is 9.21 Å². The van der Waals surface area contributed by atoms with E-state index in [1.165, 1.54) is 16.3 Å². The summed E-state index contributed by atoms with van der Waals surface area (Å²) >= 11 is 7.28. The van der Waals surface area contributed by atoms with Crippen LogP contribution in [0.2, 0.25) is 5.02 Å². The van der Waals surface area contributed by atoms with E-state index in [0.717, 1.165) is 12.8 Å². The van der Waals surface area contributed by atoms with Gasteiger partial charge in [0.25, 0.3) is 5.56 Å². The minimum absolute atomic E-state index is 0.0871. The molecule has 0 unspecified atom stereocenters. The predicted octanol–water partition coefficient (Wildman–Crippen LogP) is 4.09. The second kappa shape index (κ2) is 9.30. The van der Waals surface area contributed by atoms with Crippen molar-refractivity contribution in [1.82, 2.24) is 14.9 Å². The van der Waals surface area contributed by atoms with Gasteiger partial charge in [0.1, 0.15) is 5.76 Å². The fraction of sp³-hybridized carbons (Fsp3) is 0.350. The van der Waals surface area contributed by atoms with Crippen molar-refractivity contribution in [3.63, 3.8) is 0 Å². The second-order valence-corrected chi connectivity index (χ2v) is 7.95. The molecule has 0 aliphatic rings. The van der Waals surface area contributed by atoms with Crippen LogP contribution in [0.15, 0.2) is 51.0 Å². The molecule has 1 aromatic carbocycles. The molecule has 0 fully saturated rings. The maximum absolute atomic E-state index is 13.0. The molecular formula is C20H22ClN3O3S. The zero-order chi connectivity index (χ0) is 20.1. The first-order chi connectivity index (χ1) is 13.5. The molecule has 0 saturated heterocycles. The second-order valence-electron chi connectivity index (χ2n) is 6.57. The first-order valence-electron chi connectivity index (χ1n) is 9.12. The highest BCUT2D eigenvalue weighted by Gasteiger charge is 2.15. The number of thioether (sulfide) groups is 1. The molecule has 1 atom stereocenters. The van der Waals surface area contributed by atoms with E-state index in [-0.39, 0.29) is 29.8 Å². The lowest BCUT2D eigenvalue weighted by atomic mass is 10.2. The Kier molecular flexibility index (Phi) is 6.80. The van der Waals surface area contributed by atoms with E-state index < -0.39 is 0 Å². The molecule has 0 spiro atoms. The lowest BCUT2D eigenvalue weighted by molar-refractivity contribution is -0.119. The van der Waals surface area contributed by atoms with E-state index in [0.29, 0.717) is 26.8 Å². The van der Waals surface area contributed by atoms with Crippen molar-refractivity contribution in [3.8, 4) is 0 Å². The van der Waals surface area contributed by atoms with Gasteiger partial charge in [0.05, 0.1) is 29.5 Å². The van der Waals surface area contributed by atoms with Crippen LogP contribution in [0.25, 0.3) is 10.9 Å². The number of benzene rings is 1. The van der Waals surface area contributed by atoms with E-state index in [1.54, 1.807) is 36.6 Å². The molecule has 28 heavy (non-hydrogen) atoms. The van der Waals surface area contributed by atoms with E-state index >= 15 is 0 Å². The quantitative estimate of drug-likeness (QED) is 0.439. The SMILES string of the molecule is CCC[C@H](C)NC(=O)CSc1nc2cc(Cl)ccc2c(=O)n1Cc1ccco1. The van der Waals surface area contributed by atoms with Crippen molar-refractivity contribution in [2.75, 3.05) is 5.75 Å². The number of nitrogens with one attached hydrogen (secondary N) is 1. The average Bonchev–Trinajstić information content (AvgIpc) is 3.16. The standard InChI is InChI=1S/C20H22ClN3O3S/c1-3-5-13(2)22-18(25)12-28-20-23-17-10-14(21)7-8-16(17)19(26)24(20)11-15-6-4-9-27-15/h4,6-10,13H,3,5,11-12H2,1-2H3,(H,22,25)/t13-/m0/s1. The van der Waals surface area contributed by atoms with Gasteiger partial charge in [0, 0.05) is 11.1 Å². The summed E-state index contributed by atoms with van der Waals surface area (Å²) in [5.74, 6) is 0.723. The summed E-state index contributed by atoms with van der Waals surface area (Å²) in [5.41, 5.74) is 0.316. The fourth-order valence-electron chi connectivity index (χ4n) is 2.93. The number of nitrogens with zero attached hydrogens (tertiary/aromatic N) is 2. The van der Waals surface area contributed by atoms with Gasteiger partial charge in [-0.05, 0) is 43.7 Å². The number of amides is 1. The zero-order valence-electron chi connectivity index (χ0n) is 15.8. The fourth-order valence-corrected chi connectivity index (χ4v) is 3.91. The van der Waals surface area contributed by atoms with Gasteiger partial charge in [0.2, 0.25) is 5.91 Å².